The minimum absolute atomic E-state index is 0.114. The maximum absolute atomic E-state index is 8.17. The van der Waals surface area contributed by atoms with Crippen molar-refractivity contribution >= 4 is 18.6 Å². The van der Waals surface area contributed by atoms with Crippen LogP contribution < -0.4 is 0 Å². The largest absolute Gasteiger partial charge is 0.362 e. The highest BCUT2D eigenvalue weighted by Gasteiger charge is 2.10. The van der Waals surface area contributed by atoms with Crippen molar-refractivity contribution in [2.45, 2.75) is 19.3 Å². The van der Waals surface area contributed by atoms with Crippen LogP contribution in [0.3, 0.4) is 0 Å². The molecule has 0 rings (SSSR count). The number of hydrogen-bond acceptors (Lipinski definition) is 0. The van der Waals surface area contributed by atoms with E-state index < -0.39 is 0 Å². The summed E-state index contributed by atoms with van der Waals surface area (Å²) in [7, 11) is 0. The van der Waals surface area contributed by atoms with E-state index in [1.165, 1.54) is 18.6 Å². The van der Waals surface area contributed by atoms with Crippen LogP contribution in [0.25, 0.3) is 16.6 Å². The van der Waals surface area contributed by atoms with Crippen LogP contribution in [0.2, 0.25) is 0 Å². The SMILES string of the molecule is [N-]=[N+]=CCC(CC=[N+]=[N-])CC=[N+]=[N-]. The van der Waals surface area contributed by atoms with Crippen LogP contribution >= 0.6 is 0 Å². The minimum atomic E-state index is 0.114. The van der Waals surface area contributed by atoms with Gasteiger partial charge in [-0.3, -0.25) is 0 Å². The van der Waals surface area contributed by atoms with Crippen LogP contribution in [0.15, 0.2) is 0 Å². The molecule has 6 nitrogen and oxygen atoms in total. The van der Waals surface area contributed by atoms with Crippen LogP contribution in [0, 0.1) is 5.92 Å². The molecular weight excluding hydrogens is 168 g/mol. The van der Waals surface area contributed by atoms with E-state index in [1.807, 2.05) is 0 Å². The third-order valence-electron chi connectivity index (χ3n) is 1.56. The number of hydrogen-bond donors (Lipinski definition) is 0. The lowest BCUT2D eigenvalue weighted by molar-refractivity contribution is -0.00523. The second-order valence-electron chi connectivity index (χ2n) is 2.47. The molecule has 0 aromatic carbocycles. The van der Waals surface area contributed by atoms with Gasteiger partial charge in [-0.05, 0) is 5.92 Å². The molecule has 0 saturated carbocycles. The summed E-state index contributed by atoms with van der Waals surface area (Å²) in [5.74, 6) is 0.114. The molecule has 68 valence electrons. The van der Waals surface area contributed by atoms with E-state index in [0.717, 1.165) is 0 Å². The van der Waals surface area contributed by atoms with Crippen molar-refractivity contribution in [2.75, 3.05) is 0 Å². The number of nitrogens with zero attached hydrogens (tertiary/aromatic N) is 6. The lowest BCUT2D eigenvalue weighted by atomic mass is 10.00. The van der Waals surface area contributed by atoms with Crippen molar-refractivity contribution < 1.29 is 14.4 Å². The van der Waals surface area contributed by atoms with Gasteiger partial charge in [0.25, 0.3) is 18.6 Å². The first-order chi connectivity index (χ1) is 6.35. The highest BCUT2D eigenvalue weighted by atomic mass is 14.8. The van der Waals surface area contributed by atoms with Gasteiger partial charge >= 0.3 is 0 Å². The summed E-state index contributed by atoms with van der Waals surface area (Å²) < 4.78 is 0. The molecule has 0 aliphatic heterocycles. The van der Waals surface area contributed by atoms with Crippen molar-refractivity contribution in [3.63, 3.8) is 0 Å². The fourth-order valence-electron chi connectivity index (χ4n) is 0.877. The summed E-state index contributed by atoms with van der Waals surface area (Å²) in [5.41, 5.74) is 24.5. The molecule has 0 aromatic heterocycles. The van der Waals surface area contributed by atoms with E-state index in [2.05, 4.69) is 14.4 Å². The average molecular weight is 178 g/mol. The Morgan fingerprint density at radius 1 is 0.769 bits per heavy atom. The average Bonchev–Trinajstić information content (AvgIpc) is 2.17. The Balaban J connectivity index is 4.07. The normalized spacial score (nSPS) is 10.2. The third-order valence-corrected chi connectivity index (χ3v) is 1.56. The van der Waals surface area contributed by atoms with Crippen molar-refractivity contribution in [1.29, 1.82) is 0 Å². The van der Waals surface area contributed by atoms with Gasteiger partial charge in [0, 0.05) is 19.3 Å². The molecule has 0 spiro atoms. The maximum Gasteiger partial charge on any atom is 0.257 e. The first-order valence-electron chi connectivity index (χ1n) is 3.82. The zero-order valence-electron chi connectivity index (χ0n) is 7.11. The fraction of sp³-hybridized carbons (Fsp3) is 0.571. The molecule has 0 atom stereocenters. The quantitative estimate of drug-likeness (QED) is 0.323. The van der Waals surface area contributed by atoms with Gasteiger partial charge in [-0.2, -0.15) is 14.4 Å². The molecule has 6 heteroatoms. The minimum Gasteiger partial charge on any atom is -0.362 e. The summed E-state index contributed by atoms with van der Waals surface area (Å²) in [4.78, 5) is 8.56. The molecule has 0 aromatic rings. The zero-order chi connectivity index (χ0) is 9.94. The molecule has 0 amide bonds. The Morgan fingerprint density at radius 2 is 1.08 bits per heavy atom. The number of rotatable bonds is 6. The molecule has 0 aliphatic rings. The zero-order valence-corrected chi connectivity index (χ0v) is 7.11. The van der Waals surface area contributed by atoms with Gasteiger partial charge in [0.15, 0.2) is 0 Å². The van der Waals surface area contributed by atoms with E-state index in [9.17, 15) is 0 Å². The summed E-state index contributed by atoms with van der Waals surface area (Å²) in [6.07, 6.45) is 5.65. The Bertz CT molecular complexity index is 230. The second kappa shape index (κ2) is 8.24. The summed E-state index contributed by atoms with van der Waals surface area (Å²) >= 11 is 0. The van der Waals surface area contributed by atoms with Gasteiger partial charge in [-0.25, -0.2) is 0 Å². The molecule has 0 heterocycles. The molecule has 0 N–H and O–H groups in total. The monoisotopic (exact) mass is 178 g/mol. The van der Waals surface area contributed by atoms with Crippen molar-refractivity contribution in [2.24, 2.45) is 5.92 Å². The van der Waals surface area contributed by atoms with Crippen LogP contribution in [-0.4, -0.2) is 33.0 Å². The Hall–Kier alpha value is -1.86. The lowest BCUT2D eigenvalue weighted by Crippen LogP contribution is -2.03. The fourth-order valence-corrected chi connectivity index (χ4v) is 0.877. The maximum atomic E-state index is 8.17. The molecule has 0 saturated heterocycles. The van der Waals surface area contributed by atoms with Gasteiger partial charge in [-0.15, -0.1) is 0 Å². The van der Waals surface area contributed by atoms with E-state index in [0.29, 0.717) is 19.3 Å². The molecule has 13 heavy (non-hydrogen) atoms. The van der Waals surface area contributed by atoms with E-state index in [4.69, 9.17) is 16.6 Å². The van der Waals surface area contributed by atoms with Gasteiger partial charge < -0.3 is 16.6 Å². The third kappa shape index (κ3) is 6.53. The van der Waals surface area contributed by atoms with E-state index >= 15 is 0 Å². The van der Waals surface area contributed by atoms with Crippen molar-refractivity contribution in [1.82, 2.24) is 0 Å². The van der Waals surface area contributed by atoms with Crippen LogP contribution in [-0.2, 0) is 0 Å². The smallest absolute Gasteiger partial charge is 0.257 e. The molecule has 0 radical (unpaired) electrons. The van der Waals surface area contributed by atoms with Gasteiger partial charge in [0.2, 0.25) is 0 Å². The van der Waals surface area contributed by atoms with Crippen molar-refractivity contribution in [3.8, 4) is 0 Å². The topological polar surface area (TPSA) is 109 Å². The van der Waals surface area contributed by atoms with Crippen LogP contribution in [0.5, 0.6) is 0 Å². The van der Waals surface area contributed by atoms with Crippen molar-refractivity contribution in [3.05, 3.63) is 16.6 Å². The summed E-state index contributed by atoms with van der Waals surface area (Å²) in [6, 6.07) is 0. The van der Waals surface area contributed by atoms with Gasteiger partial charge in [0.1, 0.15) is 0 Å². The van der Waals surface area contributed by atoms with Gasteiger partial charge in [-0.1, -0.05) is 0 Å². The lowest BCUT2D eigenvalue weighted by Gasteiger charge is -1.99. The Labute approximate surface area is 75.7 Å². The highest BCUT2D eigenvalue weighted by molar-refractivity contribution is 5.58. The Morgan fingerprint density at radius 3 is 1.31 bits per heavy atom. The standard InChI is InChI=1S/C7H10N6/c8-11-4-1-7(2-5-12-9)3-6-13-10/h4-7H,1-3H2. The van der Waals surface area contributed by atoms with Crippen LogP contribution in [0.4, 0.5) is 0 Å². The van der Waals surface area contributed by atoms with E-state index in [-0.39, 0.29) is 5.92 Å². The first kappa shape index (κ1) is 11.1. The summed E-state index contributed by atoms with van der Waals surface area (Å²) in [6.45, 7) is 0. The predicted octanol–water partition coefficient (Wildman–Crippen LogP) is 0.675. The molecule has 0 aliphatic carbocycles. The Kier molecular flexibility index (Phi) is 7.06. The predicted molar refractivity (Wildman–Crippen MR) is 46.4 cm³/mol. The molecule has 0 bridgehead atoms. The van der Waals surface area contributed by atoms with E-state index in [1.54, 1.807) is 0 Å². The van der Waals surface area contributed by atoms with Gasteiger partial charge in [0.05, 0.1) is 0 Å². The second-order valence-corrected chi connectivity index (χ2v) is 2.47. The molecule has 0 fully saturated rings. The molecular formula is C7H10N6. The molecule has 0 unspecified atom stereocenters. The summed E-state index contributed by atoms with van der Waals surface area (Å²) in [5, 5.41) is 0. The van der Waals surface area contributed by atoms with Crippen LogP contribution in [0.1, 0.15) is 19.3 Å². The highest BCUT2D eigenvalue weighted by Crippen LogP contribution is 2.07. The first-order valence-corrected chi connectivity index (χ1v) is 3.82.